The maximum Gasteiger partial charge on any atom is 0.0407 e. The zero-order chi connectivity index (χ0) is 13.8. The van der Waals surface area contributed by atoms with Crippen LogP contribution in [0.25, 0.3) is 0 Å². The zero-order valence-electron chi connectivity index (χ0n) is 12.1. The fourth-order valence-corrected chi connectivity index (χ4v) is 3.03. The molecule has 2 aromatic rings. The quantitative estimate of drug-likeness (QED) is 0.840. The van der Waals surface area contributed by atoms with Crippen molar-refractivity contribution in [3.05, 3.63) is 65.5 Å². The molecule has 0 spiro atoms. The van der Waals surface area contributed by atoms with Crippen LogP contribution in [0.15, 0.2) is 48.7 Å². The molecule has 104 valence electrons. The van der Waals surface area contributed by atoms with E-state index in [4.69, 9.17) is 0 Å². The molecule has 0 aliphatic carbocycles. The Morgan fingerprint density at radius 3 is 2.60 bits per heavy atom. The van der Waals surface area contributed by atoms with Crippen molar-refractivity contribution in [3.8, 4) is 0 Å². The highest BCUT2D eigenvalue weighted by molar-refractivity contribution is 5.21. The summed E-state index contributed by atoms with van der Waals surface area (Å²) in [4.78, 5) is 7.08. The van der Waals surface area contributed by atoms with E-state index in [0.29, 0.717) is 6.04 Å². The van der Waals surface area contributed by atoms with Crippen LogP contribution in [0.3, 0.4) is 0 Å². The summed E-state index contributed by atoms with van der Waals surface area (Å²) in [6, 6.07) is 15.7. The van der Waals surface area contributed by atoms with Gasteiger partial charge in [-0.1, -0.05) is 36.4 Å². The summed E-state index contributed by atoms with van der Waals surface area (Å²) < 4.78 is 0. The number of aryl methyl sites for hydroxylation is 2. The Bertz CT molecular complexity index is 533. The SMILES string of the molecule is CN1CCC[C@H]1c1ccc(CCc2ccccc2)nc1. The minimum absolute atomic E-state index is 0.575. The highest BCUT2D eigenvalue weighted by Gasteiger charge is 2.22. The third-order valence-corrected chi connectivity index (χ3v) is 4.27. The van der Waals surface area contributed by atoms with E-state index in [1.807, 2.05) is 0 Å². The second kappa shape index (κ2) is 6.19. The molecule has 3 rings (SSSR count). The molecule has 2 heterocycles. The maximum atomic E-state index is 4.65. The lowest BCUT2D eigenvalue weighted by Gasteiger charge is -2.19. The average Bonchev–Trinajstić information content (AvgIpc) is 2.93. The summed E-state index contributed by atoms with van der Waals surface area (Å²) >= 11 is 0. The molecule has 1 fully saturated rings. The first kappa shape index (κ1) is 13.3. The molecule has 0 radical (unpaired) electrons. The second-order valence-corrected chi connectivity index (χ2v) is 5.71. The third-order valence-electron chi connectivity index (χ3n) is 4.27. The number of hydrogen-bond acceptors (Lipinski definition) is 2. The molecule has 0 unspecified atom stereocenters. The predicted molar refractivity (Wildman–Crippen MR) is 82.7 cm³/mol. The smallest absolute Gasteiger partial charge is 0.0407 e. The van der Waals surface area contributed by atoms with Crippen LogP contribution in [0.1, 0.15) is 35.7 Å². The van der Waals surface area contributed by atoms with Gasteiger partial charge in [0.25, 0.3) is 0 Å². The van der Waals surface area contributed by atoms with Crippen LogP contribution in [0, 0.1) is 0 Å². The topological polar surface area (TPSA) is 16.1 Å². The van der Waals surface area contributed by atoms with E-state index in [1.54, 1.807) is 0 Å². The van der Waals surface area contributed by atoms with Crippen molar-refractivity contribution < 1.29 is 0 Å². The average molecular weight is 266 g/mol. The van der Waals surface area contributed by atoms with Gasteiger partial charge >= 0.3 is 0 Å². The molecule has 1 aromatic carbocycles. The van der Waals surface area contributed by atoms with Crippen LogP contribution >= 0.6 is 0 Å². The molecule has 20 heavy (non-hydrogen) atoms. The molecule has 2 heteroatoms. The van der Waals surface area contributed by atoms with E-state index >= 15 is 0 Å². The molecule has 1 atom stereocenters. The molecule has 0 amide bonds. The Labute approximate surface area is 121 Å². The molecular weight excluding hydrogens is 244 g/mol. The highest BCUT2D eigenvalue weighted by Crippen LogP contribution is 2.29. The number of rotatable bonds is 4. The Morgan fingerprint density at radius 1 is 1.10 bits per heavy atom. The number of hydrogen-bond donors (Lipinski definition) is 0. The van der Waals surface area contributed by atoms with Crippen LogP contribution in [0.5, 0.6) is 0 Å². The van der Waals surface area contributed by atoms with Gasteiger partial charge in [-0.05, 0) is 56.5 Å². The Morgan fingerprint density at radius 2 is 1.95 bits per heavy atom. The summed E-state index contributed by atoms with van der Waals surface area (Å²) in [6.45, 7) is 1.21. The Hall–Kier alpha value is -1.67. The van der Waals surface area contributed by atoms with Gasteiger partial charge in [0.05, 0.1) is 0 Å². The van der Waals surface area contributed by atoms with Crippen LogP contribution in [0.4, 0.5) is 0 Å². The maximum absolute atomic E-state index is 4.65. The van der Waals surface area contributed by atoms with Crippen molar-refractivity contribution in [2.45, 2.75) is 31.7 Å². The Kier molecular flexibility index (Phi) is 4.12. The van der Waals surface area contributed by atoms with Crippen molar-refractivity contribution in [1.82, 2.24) is 9.88 Å². The van der Waals surface area contributed by atoms with Gasteiger partial charge in [-0.3, -0.25) is 9.88 Å². The van der Waals surface area contributed by atoms with Gasteiger partial charge in [-0.25, -0.2) is 0 Å². The summed E-state index contributed by atoms with van der Waals surface area (Å²) in [5.41, 5.74) is 3.95. The monoisotopic (exact) mass is 266 g/mol. The van der Waals surface area contributed by atoms with E-state index in [0.717, 1.165) is 12.8 Å². The number of benzene rings is 1. The van der Waals surface area contributed by atoms with Gasteiger partial charge in [-0.15, -0.1) is 0 Å². The molecular formula is C18H22N2. The number of nitrogens with zero attached hydrogens (tertiary/aromatic N) is 2. The molecule has 0 saturated carbocycles. The zero-order valence-corrected chi connectivity index (χ0v) is 12.1. The van der Waals surface area contributed by atoms with Crippen molar-refractivity contribution in [1.29, 1.82) is 0 Å². The Balaban J connectivity index is 1.61. The molecule has 0 bridgehead atoms. The third kappa shape index (κ3) is 3.07. The van der Waals surface area contributed by atoms with Crippen molar-refractivity contribution in [2.24, 2.45) is 0 Å². The first-order chi connectivity index (χ1) is 9.83. The van der Waals surface area contributed by atoms with E-state index in [1.165, 1.54) is 36.2 Å². The molecule has 2 nitrogen and oxygen atoms in total. The van der Waals surface area contributed by atoms with Gasteiger partial charge in [0.2, 0.25) is 0 Å². The van der Waals surface area contributed by atoms with Gasteiger partial charge in [0.1, 0.15) is 0 Å². The number of aromatic nitrogens is 1. The van der Waals surface area contributed by atoms with Gasteiger partial charge in [0, 0.05) is 17.9 Å². The molecule has 0 N–H and O–H groups in total. The molecule has 1 aliphatic heterocycles. The lowest BCUT2D eigenvalue weighted by atomic mass is 10.0. The summed E-state index contributed by atoms with van der Waals surface area (Å²) in [5, 5.41) is 0. The first-order valence-electron chi connectivity index (χ1n) is 7.52. The van der Waals surface area contributed by atoms with Crippen LogP contribution in [-0.4, -0.2) is 23.5 Å². The van der Waals surface area contributed by atoms with Crippen LogP contribution in [-0.2, 0) is 12.8 Å². The minimum Gasteiger partial charge on any atom is -0.299 e. The number of likely N-dealkylation sites (tertiary alicyclic amines) is 1. The highest BCUT2D eigenvalue weighted by atomic mass is 15.1. The van der Waals surface area contributed by atoms with Crippen molar-refractivity contribution >= 4 is 0 Å². The van der Waals surface area contributed by atoms with Crippen molar-refractivity contribution in [3.63, 3.8) is 0 Å². The van der Waals surface area contributed by atoms with E-state index in [-0.39, 0.29) is 0 Å². The molecule has 1 saturated heterocycles. The van der Waals surface area contributed by atoms with Gasteiger partial charge < -0.3 is 0 Å². The van der Waals surface area contributed by atoms with Gasteiger partial charge in [0.15, 0.2) is 0 Å². The van der Waals surface area contributed by atoms with E-state index < -0.39 is 0 Å². The van der Waals surface area contributed by atoms with Crippen LogP contribution in [0.2, 0.25) is 0 Å². The first-order valence-corrected chi connectivity index (χ1v) is 7.52. The van der Waals surface area contributed by atoms with Crippen LogP contribution < -0.4 is 0 Å². The summed E-state index contributed by atoms with van der Waals surface area (Å²) in [6.07, 6.45) is 6.73. The normalized spacial score (nSPS) is 19.4. The predicted octanol–water partition coefficient (Wildman–Crippen LogP) is 3.63. The minimum atomic E-state index is 0.575. The fraction of sp³-hybridized carbons (Fsp3) is 0.389. The molecule has 1 aliphatic rings. The van der Waals surface area contributed by atoms with E-state index in [2.05, 4.69) is 65.6 Å². The summed E-state index contributed by atoms with van der Waals surface area (Å²) in [5.74, 6) is 0. The lowest BCUT2D eigenvalue weighted by Crippen LogP contribution is -2.17. The number of pyridine rings is 1. The fourth-order valence-electron chi connectivity index (χ4n) is 3.03. The largest absolute Gasteiger partial charge is 0.299 e. The van der Waals surface area contributed by atoms with Crippen molar-refractivity contribution in [2.75, 3.05) is 13.6 Å². The van der Waals surface area contributed by atoms with Gasteiger partial charge in [-0.2, -0.15) is 0 Å². The standard InChI is InChI=1S/C18H22N2/c1-20-13-5-8-18(20)16-10-12-17(19-14-16)11-9-15-6-3-2-4-7-15/h2-4,6-7,10,12,14,18H,5,8-9,11,13H2,1H3/t18-/m0/s1. The second-order valence-electron chi connectivity index (χ2n) is 5.71. The molecule has 1 aromatic heterocycles. The lowest BCUT2D eigenvalue weighted by molar-refractivity contribution is 0.317. The van der Waals surface area contributed by atoms with E-state index in [9.17, 15) is 0 Å². The summed E-state index contributed by atoms with van der Waals surface area (Å²) in [7, 11) is 2.21.